The van der Waals surface area contributed by atoms with Gasteiger partial charge in [0.25, 0.3) is 0 Å². The fourth-order valence-corrected chi connectivity index (χ4v) is 3.80. The van der Waals surface area contributed by atoms with Crippen LogP contribution in [-0.4, -0.2) is 25.7 Å². The molecule has 3 nitrogen and oxygen atoms in total. The van der Waals surface area contributed by atoms with E-state index in [1.54, 1.807) is 0 Å². The molecule has 1 heterocycles. The van der Waals surface area contributed by atoms with Gasteiger partial charge in [-0.3, -0.25) is 4.79 Å². The third-order valence-corrected chi connectivity index (χ3v) is 5.75. The molecule has 0 spiro atoms. The van der Waals surface area contributed by atoms with E-state index in [-0.39, 0.29) is 11.3 Å². The molecule has 3 rings (SSSR count). The molecule has 1 saturated heterocycles. The number of amides is 1. The van der Waals surface area contributed by atoms with Gasteiger partial charge in [0.05, 0.1) is 0 Å². The highest BCUT2D eigenvalue weighted by molar-refractivity contribution is 5.76. The minimum atomic E-state index is -0.00587. The normalized spacial score (nSPS) is 16.3. The van der Waals surface area contributed by atoms with Gasteiger partial charge in [-0.05, 0) is 41.9 Å². The van der Waals surface area contributed by atoms with Crippen molar-refractivity contribution in [1.82, 2.24) is 5.32 Å². The van der Waals surface area contributed by atoms with Crippen LogP contribution in [0.4, 0.5) is 0 Å². The van der Waals surface area contributed by atoms with Gasteiger partial charge in [-0.25, -0.2) is 0 Å². The van der Waals surface area contributed by atoms with Crippen LogP contribution in [0.15, 0.2) is 54.6 Å². The summed E-state index contributed by atoms with van der Waals surface area (Å²) in [5.41, 5.74) is 3.86. The third kappa shape index (κ3) is 5.20. The lowest BCUT2D eigenvalue weighted by Gasteiger charge is -2.38. The van der Waals surface area contributed by atoms with E-state index in [2.05, 4.69) is 67.7 Å². The second kappa shape index (κ2) is 9.18. The highest BCUT2D eigenvalue weighted by Gasteiger charge is 2.34. The van der Waals surface area contributed by atoms with Crippen LogP contribution < -0.4 is 5.32 Å². The molecule has 0 bridgehead atoms. The molecular formula is C24H31NO2. The maximum Gasteiger partial charge on any atom is 0.220 e. The average molecular weight is 366 g/mol. The first-order valence-electron chi connectivity index (χ1n) is 10.1. The van der Waals surface area contributed by atoms with Crippen LogP contribution >= 0.6 is 0 Å². The summed E-state index contributed by atoms with van der Waals surface area (Å²) in [5.74, 6) is 0.667. The number of hydrogen-bond acceptors (Lipinski definition) is 2. The molecule has 1 amide bonds. The van der Waals surface area contributed by atoms with Crippen LogP contribution in [0.5, 0.6) is 0 Å². The Morgan fingerprint density at radius 1 is 1.04 bits per heavy atom. The van der Waals surface area contributed by atoms with E-state index < -0.39 is 0 Å². The van der Waals surface area contributed by atoms with Crippen LogP contribution in [0.25, 0.3) is 0 Å². The maximum absolute atomic E-state index is 12.5. The summed E-state index contributed by atoms with van der Waals surface area (Å²) in [5, 5.41) is 3.20. The van der Waals surface area contributed by atoms with Crippen molar-refractivity contribution in [1.29, 1.82) is 0 Å². The highest BCUT2D eigenvalue weighted by Crippen LogP contribution is 2.34. The van der Waals surface area contributed by atoms with E-state index in [1.165, 1.54) is 16.7 Å². The topological polar surface area (TPSA) is 38.3 Å². The number of ether oxygens (including phenoxy) is 1. The maximum atomic E-state index is 12.5. The van der Waals surface area contributed by atoms with Crippen molar-refractivity contribution in [2.24, 2.45) is 0 Å². The Labute approximate surface area is 163 Å². The quantitative estimate of drug-likeness (QED) is 0.778. The number of nitrogens with one attached hydrogen (secondary N) is 1. The van der Waals surface area contributed by atoms with Crippen LogP contribution in [0.1, 0.15) is 55.7 Å². The summed E-state index contributed by atoms with van der Waals surface area (Å²) >= 11 is 0. The predicted molar refractivity (Wildman–Crippen MR) is 110 cm³/mol. The molecule has 0 aliphatic carbocycles. The smallest absolute Gasteiger partial charge is 0.220 e. The molecule has 3 heteroatoms. The van der Waals surface area contributed by atoms with Crippen molar-refractivity contribution < 1.29 is 9.53 Å². The monoisotopic (exact) mass is 365 g/mol. The first-order chi connectivity index (χ1) is 13.1. The second-order valence-electron chi connectivity index (χ2n) is 7.93. The molecule has 0 unspecified atom stereocenters. The van der Waals surface area contributed by atoms with Gasteiger partial charge < -0.3 is 10.1 Å². The molecule has 0 saturated carbocycles. The van der Waals surface area contributed by atoms with E-state index in [4.69, 9.17) is 4.74 Å². The van der Waals surface area contributed by atoms with Crippen LogP contribution in [0, 0.1) is 0 Å². The molecule has 144 valence electrons. The number of aryl methyl sites for hydroxylation is 1. The fraction of sp³-hybridized carbons (Fsp3) is 0.458. The van der Waals surface area contributed by atoms with Crippen molar-refractivity contribution in [3.63, 3.8) is 0 Å². The van der Waals surface area contributed by atoms with Crippen molar-refractivity contribution in [2.75, 3.05) is 19.8 Å². The van der Waals surface area contributed by atoms with Crippen molar-refractivity contribution in [3.8, 4) is 0 Å². The van der Waals surface area contributed by atoms with E-state index in [0.717, 1.165) is 32.5 Å². The lowest BCUT2D eigenvalue weighted by Crippen LogP contribution is -2.44. The zero-order valence-corrected chi connectivity index (χ0v) is 16.5. The lowest BCUT2D eigenvalue weighted by atomic mass is 9.74. The van der Waals surface area contributed by atoms with Gasteiger partial charge in [0, 0.05) is 31.6 Å². The zero-order chi connectivity index (χ0) is 19.1. The van der Waals surface area contributed by atoms with Gasteiger partial charge in [-0.2, -0.15) is 0 Å². The van der Waals surface area contributed by atoms with Gasteiger partial charge in [0.1, 0.15) is 0 Å². The highest BCUT2D eigenvalue weighted by atomic mass is 16.5. The number of carbonyl (C=O) groups is 1. The third-order valence-electron chi connectivity index (χ3n) is 5.75. The molecular weight excluding hydrogens is 334 g/mol. The molecule has 2 aromatic carbocycles. The summed E-state index contributed by atoms with van der Waals surface area (Å²) in [6, 6.07) is 19.2. The number of carbonyl (C=O) groups excluding carboxylic acids is 1. The van der Waals surface area contributed by atoms with E-state index >= 15 is 0 Å². The van der Waals surface area contributed by atoms with E-state index in [9.17, 15) is 4.79 Å². The van der Waals surface area contributed by atoms with Crippen molar-refractivity contribution >= 4 is 5.91 Å². The van der Waals surface area contributed by atoms with Gasteiger partial charge >= 0.3 is 0 Å². The van der Waals surface area contributed by atoms with Crippen molar-refractivity contribution in [2.45, 2.75) is 50.9 Å². The number of rotatable bonds is 7. The Balaban J connectivity index is 1.55. The zero-order valence-electron chi connectivity index (χ0n) is 16.5. The molecule has 1 aliphatic rings. The van der Waals surface area contributed by atoms with Gasteiger partial charge in [0.2, 0.25) is 5.91 Å². The second-order valence-corrected chi connectivity index (χ2v) is 7.93. The molecule has 27 heavy (non-hydrogen) atoms. The van der Waals surface area contributed by atoms with E-state index in [1.807, 2.05) is 6.07 Å². The Morgan fingerprint density at radius 2 is 1.70 bits per heavy atom. The molecule has 1 fully saturated rings. The lowest BCUT2D eigenvalue weighted by molar-refractivity contribution is -0.121. The summed E-state index contributed by atoms with van der Waals surface area (Å²) in [7, 11) is 0. The molecule has 0 atom stereocenters. The van der Waals surface area contributed by atoms with Crippen molar-refractivity contribution in [3.05, 3.63) is 71.3 Å². The summed E-state index contributed by atoms with van der Waals surface area (Å²) < 4.78 is 5.57. The van der Waals surface area contributed by atoms with E-state index in [0.29, 0.717) is 18.9 Å². The largest absolute Gasteiger partial charge is 0.381 e. The Hall–Kier alpha value is -2.13. The van der Waals surface area contributed by atoms with Crippen LogP contribution in [-0.2, 0) is 21.4 Å². The Bertz CT molecular complexity index is 716. The first kappa shape index (κ1) is 19.6. The molecule has 1 N–H and O–H groups in total. The standard InChI is InChI=1S/C24H31NO2/c1-19(2)21-11-8-20(9-12-21)10-13-23(26)25-18-24(14-16-27-17-15-24)22-6-4-3-5-7-22/h3-9,11-12,19H,10,13-18H2,1-2H3,(H,25,26). The predicted octanol–water partition coefficient (Wildman–Crippen LogP) is 4.61. The molecule has 0 radical (unpaired) electrons. The van der Waals surface area contributed by atoms with Gasteiger partial charge in [0.15, 0.2) is 0 Å². The summed E-state index contributed by atoms with van der Waals surface area (Å²) in [6.07, 6.45) is 3.22. The minimum absolute atomic E-state index is 0.00587. The Kier molecular flexibility index (Phi) is 6.68. The van der Waals surface area contributed by atoms with Gasteiger partial charge in [-0.1, -0.05) is 68.4 Å². The van der Waals surface area contributed by atoms with Crippen LogP contribution in [0.2, 0.25) is 0 Å². The number of benzene rings is 2. The molecule has 0 aromatic heterocycles. The van der Waals surface area contributed by atoms with Crippen LogP contribution in [0.3, 0.4) is 0 Å². The average Bonchev–Trinajstić information content (AvgIpc) is 2.72. The number of hydrogen-bond donors (Lipinski definition) is 1. The SMILES string of the molecule is CC(C)c1ccc(CCC(=O)NCC2(c3ccccc3)CCOCC2)cc1. The van der Waals surface area contributed by atoms with Gasteiger partial charge in [-0.15, -0.1) is 0 Å². The fourth-order valence-electron chi connectivity index (χ4n) is 3.80. The molecule has 1 aliphatic heterocycles. The molecule has 2 aromatic rings. The summed E-state index contributed by atoms with van der Waals surface area (Å²) in [6.45, 7) is 6.59. The first-order valence-corrected chi connectivity index (χ1v) is 10.1. The Morgan fingerprint density at radius 3 is 2.33 bits per heavy atom. The summed E-state index contributed by atoms with van der Waals surface area (Å²) in [4.78, 5) is 12.5. The minimum Gasteiger partial charge on any atom is -0.381 e.